The van der Waals surface area contributed by atoms with E-state index in [1.807, 2.05) is 45.0 Å². The van der Waals surface area contributed by atoms with Gasteiger partial charge in [-0.2, -0.15) is 13.2 Å². The fourth-order valence-electron chi connectivity index (χ4n) is 2.89. The number of alkyl halides is 3. The van der Waals surface area contributed by atoms with E-state index in [2.05, 4.69) is 5.32 Å². The van der Waals surface area contributed by atoms with Crippen molar-refractivity contribution in [3.05, 3.63) is 59.7 Å². The molecule has 1 fully saturated rings. The molecule has 1 amide bonds. The van der Waals surface area contributed by atoms with Gasteiger partial charge >= 0.3 is 12.3 Å². The van der Waals surface area contributed by atoms with E-state index in [0.717, 1.165) is 36.1 Å². The summed E-state index contributed by atoms with van der Waals surface area (Å²) in [5.41, 5.74) is 0.752. The number of carbonyl (C=O) groups is 1. The van der Waals surface area contributed by atoms with Gasteiger partial charge in [0.2, 0.25) is 0 Å². The molecule has 0 saturated heterocycles. The summed E-state index contributed by atoms with van der Waals surface area (Å²) in [6.45, 7) is 5.64. The zero-order chi connectivity index (χ0) is 19.9. The van der Waals surface area contributed by atoms with E-state index in [1.165, 1.54) is 12.1 Å². The second-order valence-electron chi connectivity index (χ2n) is 7.91. The lowest BCUT2D eigenvalue weighted by Gasteiger charge is -2.24. The minimum Gasteiger partial charge on any atom is -0.438 e. The van der Waals surface area contributed by atoms with Crippen LogP contribution in [0.1, 0.15) is 44.7 Å². The third-order valence-corrected chi connectivity index (χ3v) is 4.43. The lowest BCUT2D eigenvalue weighted by Crippen LogP contribution is -2.42. The maximum atomic E-state index is 12.7. The quantitative estimate of drug-likeness (QED) is 0.725. The van der Waals surface area contributed by atoms with Crippen LogP contribution in [0.4, 0.5) is 18.0 Å². The summed E-state index contributed by atoms with van der Waals surface area (Å²) in [5, 5.41) is 2.79. The molecule has 0 heterocycles. The largest absolute Gasteiger partial charge is 0.438 e. The van der Waals surface area contributed by atoms with Crippen LogP contribution in [0.5, 0.6) is 0 Å². The van der Waals surface area contributed by atoms with Crippen molar-refractivity contribution in [1.29, 1.82) is 0 Å². The fraction of sp³-hybridized carbons (Fsp3) is 0.381. The molecule has 0 bridgehead atoms. The van der Waals surface area contributed by atoms with Crippen molar-refractivity contribution in [2.24, 2.45) is 0 Å². The van der Waals surface area contributed by atoms with Gasteiger partial charge in [-0.25, -0.2) is 4.79 Å². The van der Waals surface area contributed by atoms with E-state index in [-0.39, 0.29) is 5.54 Å². The van der Waals surface area contributed by atoms with E-state index in [9.17, 15) is 18.0 Å². The Kier molecular flexibility index (Phi) is 4.70. The lowest BCUT2D eigenvalue weighted by molar-refractivity contribution is -0.137. The van der Waals surface area contributed by atoms with E-state index in [0.29, 0.717) is 5.56 Å². The number of ether oxygens (including phenoxy) is 1. The predicted octanol–water partition coefficient (Wildman–Crippen LogP) is 5.89. The van der Waals surface area contributed by atoms with Crippen LogP contribution in [0, 0.1) is 0 Å². The smallest absolute Gasteiger partial charge is 0.416 e. The summed E-state index contributed by atoms with van der Waals surface area (Å²) < 4.78 is 43.7. The number of carbonyl (C=O) groups excluding carboxylic acids is 1. The maximum absolute atomic E-state index is 12.7. The Morgan fingerprint density at radius 3 is 1.81 bits per heavy atom. The zero-order valence-electron chi connectivity index (χ0n) is 15.5. The highest BCUT2D eigenvalue weighted by molar-refractivity contribution is 5.70. The third kappa shape index (κ3) is 4.62. The van der Waals surface area contributed by atoms with Crippen LogP contribution in [0.15, 0.2) is 48.5 Å². The van der Waals surface area contributed by atoms with Crippen molar-refractivity contribution in [1.82, 2.24) is 5.32 Å². The van der Waals surface area contributed by atoms with Crippen LogP contribution >= 0.6 is 0 Å². The normalized spacial score (nSPS) is 15.9. The zero-order valence-corrected chi connectivity index (χ0v) is 15.5. The van der Waals surface area contributed by atoms with Crippen LogP contribution in [0.25, 0.3) is 11.1 Å². The second kappa shape index (κ2) is 6.59. The monoisotopic (exact) mass is 377 g/mol. The fourth-order valence-corrected chi connectivity index (χ4v) is 2.89. The number of alkyl carbamates (subject to hydrolysis) is 1. The van der Waals surface area contributed by atoms with Crippen molar-refractivity contribution >= 4 is 6.09 Å². The molecule has 1 aliphatic rings. The minimum atomic E-state index is -4.34. The van der Waals surface area contributed by atoms with Crippen molar-refractivity contribution in [2.45, 2.75) is 50.9 Å². The van der Waals surface area contributed by atoms with Gasteiger partial charge in [-0.05, 0) is 62.4 Å². The molecule has 2 aromatic rings. The van der Waals surface area contributed by atoms with E-state index in [4.69, 9.17) is 4.74 Å². The molecule has 27 heavy (non-hydrogen) atoms. The number of amides is 1. The van der Waals surface area contributed by atoms with Crippen molar-refractivity contribution in [2.75, 3.05) is 0 Å². The third-order valence-electron chi connectivity index (χ3n) is 4.43. The first-order valence-corrected chi connectivity index (χ1v) is 8.78. The van der Waals surface area contributed by atoms with Crippen molar-refractivity contribution in [3.63, 3.8) is 0 Å². The highest BCUT2D eigenvalue weighted by Crippen LogP contribution is 2.49. The van der Waals surface area contributed by atoms with Gasteiger partial charge in [-0.15, -0.1) is 0 Å². The molecule has 0 aliphatic heterocycles. The molecular weight excluding hydrogens is 355 g/mol. The number of hydrogen-bond acceptors (Lipinski definition) is 2. The molecule has 3 nitrogen and oxygen atoms in total. The Morgan fingerprint density at radius 1 is 0.926 bits per heavy atom. The Hall–Kier alpha value is -2.50. The molecular formula is C21H22F3NO2. The van der Waals surface area contributed by atoms with Gasteiger partial charge in [0.1, 0.15) is 5.60 Å². The number of rotatable bonds is 3. The molecule has 6 heteroatoms. The number of halogens is 3. The molecule has 1 aliphatic carbocycles. The number of hydrogen-bond donors (Lipinski definition) is 1. The van der Waals surface area contributed by atoms with Gasteiger partial charge in [0, 0.05) is 5.54 Å². The summed E-state index contributed by atoms with van der Waals surface area (Å²) >= 11 is 0. The van der Waals surface area contributed by atoms with Crippen LogP contribution in [-0.4, -0.2) is 11.6 Å². The molecule has 0 atom stereocenters. The Balaban J connectivity index is 1.73. The summed E-state index contributed by atoms with van der Waals surface area (Å²) in [6, 6.07) is 12.5. The van der Waals surface area contributed by atoms with Gasteiger partial charge in [0.15, 0.2) is 0 Å². The maximum Gasteiger partial charge on any atom is 0.416 e. The van der Waals surface area contributed by atoms with Gasteiger partial charge < -0.3 is 10.1 Å². The Labute approximate surface area is 156 Å². The molecule has 144 valence electrons. The molecule has 0 unspecified atom stereocenters. The lowest BCUT2D eigenvalue weighted by atomic mass is 10.00. The summed E-state index contributed by atoms with van der Waals surface area (Å²) in [7, 11) is 0. The molecule has 3 rings (SSSR count). The summed E-state index contributed by atoms with van der Waals surface area (Å²) in [4.78, 5) is 12.1. The van der Waals surface area contributed by atoms with Crippen LogP contribution < -0.4 is 5.32 Å². The predicted molar refractivity (Wildman–Crippen MR) is 97.2 cm³/mol. The Bertz CT molecular complexity index is 814. The molecule has 1 N–H and O–H groups in total. The minimum absolute atomic E-state index is 0.375. The summed E-state index contributed by atoms with van der Waals surface area (Å²) in [6.07, 6.45) is -3.29. The summed E-state index contributed by atoms with van der Waals surface area (Å²) in [5.74, 6) is 0. The average Bonchev–Trinajstić information content (AvgIpc) is 3.33. The highest BCUT2D eigenvalue weighted by atomic mass is 19.4. The van der Waals surface area contributed by atoms with Gasteiger partial charge in [0.05, 0.1) is 5.56 Å². The average molecular weight is 377 g/mol. The highest BCUT2D eigenvalue weighted by Gasteiger charge is 2.48. The first kappa shape index (κ1) is 19.3. The molecule has 0 radical (unpaired) electrons. The van der Waals surface area contributed by atoms with Gasteiger partial charge in [0.25, 0.3) is 0 Å². The van der Waals surface area contributed by atoms with E-state index >= 15 is 0 Å². The molecule has 1 saturated carbocycles. The van der Waals surface area contributed by atoms with Crippen LogP contribution in [0.2, 0.25) is 0 Å². The topological polar surface area (TPSA) is 38.3 Å². The molecule has 2 aromatic carbocycles. The molecule has 0 spiro atoms. The number of benzene rings is 2. The van der Waals surface area contributed by atoms with E-state index < -0.39 is 23.4 Å². The van der Waals surface area contributed by atoms with Gasteiger partial charge in [-0.1, -0.05) is 36.4 Å². The first-order chi connectivity index (χ1) is 12.5. The van der Waals surface area contributed by atoms with Crippen molar-refractivity contribution in [3.8, 4) is 11.1 Å². The Morgan fingerprint density at radius 2 is 1.41 bits per heavy atom. The van der Waals surface area contributed by atoms with E-state index in [1.54, 1.807) is 0 Å². The van der Waals surface area contributed by atoms with Gasteiger partial charge in [-0.3, -0.25) is 0 Å². The molecule has 0 aromatic heterocycles. The standard InChI is InChI=1S/C21H22F3NO2/c1-19(2,3)25-18(26)27-20(12-13-20)16-8-4-14(5-9-16)15-6-10-17(11-7-15)21(22,23)24/h4-11H,12-13H2,1-3H3,(H,25,26). The SMILES string of the molecule is CC(C)(C)NC(=O)OC1(c2ccc(-c3ccc(C(F)(F)F)cc3)cc2)CC1. The van der Waals surface area contributed by atoms with Crippen LogP contribution in [-0.2, 0) is 16.5 Å². The van der Waals surface area contributed by atoms with Crippen molar-refractivity contribution < 1.29 is 22.7 Å². The number of nitrogens with one attached hydrogen (secondary N) is 1. The van der Waals surface area contributed by atoms with Crippen LogP contribution in [0.3, 0.4) is 0 Å². The second-order valence-corrected chi connectivity index (χ2v) is 7.91. The first-order valence-electron chi connectivity index (χ1n) is 8.78.